The molecule has 1 aliphatic heterocycles. The van der Waals surface area contributed by atoms with Crippen molar-refractivity contribution in [1.82, 2.24) is 20.0 Å². The molecule has 0 radical (unpaired) electrons. The monoisotopic (exact) mass is 479 g/mol. The predicted molar refractivity (Wildman–Crippen MR) is 141 cm³/mol. The summed E-state index contributed by atoms with van der Waals surface area (Å²) in [6.45, 7) is 14.8. The largest absolute Gasteiger partial charge is 0.327 e. The molecule has 1 unspecified atom stereocenters. The van der Waals surface area contributed by atoms with E-state index in [9.17, 15) is 4.79 Å². The molecule has 2 rings (SSSR count). The van der Waals surface area contributed by atoms with Crippen LogP contribution in [0.3, 0.4) is 0 Å². The molecule has 7 heteroatoms. The Hall–Kier alpha value is -1.21. The minimum absolute atomic E-state index is 0.0693. The molecule has 1 aromatic heterocycles. The van der Waals surface area contributed by atoms with Crippen LogP contribution >= 0.6 is 11.3 Å². The van der Waals surface area contributed by atoms with Crippen molar-refractivity contribution in [1.29, 1.82) is 0 Å². The van der Waals surface area contributed by atoms with E-state index in [1.807, 2.05) is 4.90 Å². The van der Waals surface area contributed by atoms with Crippen molar-refractivity contribution in [2.24, 2.45) is 0 Å². The summed E-state index contributed by atoms with van der Waals surface area (Å²) >= 11 is 1.59. The average molecular weight is 480 g/mol. The van der Waals surface area contributed by atoms with Gasteiger partial charge in [0.15, 0.2) is 0 Å². The Bertz CT molecular complexity index is 653. The SMILES string of the molecule is CCCCCCN1CC(N(CCCCCC)CCCCCC)N(c2nnc(C(C)C)s2)C1=O. The maximum atomic E-state index is 13.6. The molecule has 0 N–H and O–H groups in total. The summed E-state index contributed by atoms with van der Waals surface area (Å²) in [6, 6.07) is 0.120. The molecular weight excluding hydrogens is 430 g/mol. The first-order valence-electron chi connectivity index (χ1n) is 13.7. The lowest BCUT2D eigenvalue weighted by Gasteiger charge is -2.32. The van der Waals surface area contributed by atoms with Gasteiger partial charge in [-0.1, -0.05) is 104 Å². The smallest absolute Gasteiger partial charge is 0.321 e. The molecule has 0 aliphatic carbocycles. The fraction of sp³-hybridized carbons (Fsp3) is 0.885. The van der Waals surface area contributed by atoms with E-state index in [4.69, 9.17) is 0 Å². The van der Waals surface area contributed by atoms with Gasteiger partial charge in [0.25, 0.3) is 0 Å². The van der Waals surface area contributed by atoms with Gasteiger partial charge in [-0.3, -0.25) is 4.90 Å². The van der Waals surface area contributed by atoms with Gasteiger partial charge in [-0.15, -0.1) is 10.2 Å². The molecule has 0 aromatic carbocycles. The standard InChI is InChI=1S/C26H49N5OS/c1-6-9-12-15-18-29(19-16-13-10-7-2)23-21-30(20-17-14-11-8-3)26(32)31(23)25-28-27-24(33-25)22(4)5/h22-23H,6-21H2,1-5H3. The minimum Gasteiger partial charge on any atom is -0.321 e. The molecule has 2 amide bonds. The fourth-order valence-electron chi connectivity index (χ4n) is 4.49. The molecule has 1 aromatic rings. The van der Waals surface area contributed by atoms with Crippen LogP contribution < -0.4 is 4.90 Å². The highest BCUT2D eigenvalue weighted by atomic mass is 32.1. The van der Waals surface area contributed by atoms with E-state index in [0.717, 1.165) is 42.7 Å². The topological polar surface area (TPSA) is 52.6 Å². The first kappa shape index (κ1) is 28.0. The van der Waals surface area contributed by atoms with Crippen LogP contribution in [-0.4, -0.2) is 58.4 Å². The van der Waals surface area contributed by atoms with Crippen molar-refractivity contribution >= 4 is 22.5 Å². The van der Waals surface area contributed by atoms with Gasteiger partial charge in [0, 0.05) is 25.6 Å². The van der Waals surface area contributed by atoms with Gasteiger partial charge in [0.05, 0.1) is 6.54 Å². The Morgan fingerprint density at radius 2 is 1.45 bits per heavy atom. The fourth-order valence-corrected chi connectivity index (χ4v) is 5.38. The zero-order valence-electron chi connectivity index (χ0n) is 22.0. The number of unbranched alkanes of at least 4 members (excludes halogenated alkanes) is 9. The molecule has 1 atom stereocenters. The summed E-state index contributed by atoms with van der Waals surface area (Å²) < 4.78 is 0. The van der Waals surface area contributed by atoms with Crippen molar-refractivity contribution < 1.29 is 4.79 Å². The first-order chi connectivity index (χ1) is 16.0. The van der Waals surface area contributed by atoms with Crippen molar-refractivity contribution in [3.8, 4) is 0 Å². The molecule has 1 fully saturated rings. The lowest BCUT2D eigenvalue weighted by molar-refractivity contribution is 0.184. The number of carbonyl (C=O) groups excluding carboxylic acids is 1. The summed E-state index contributed by atoms with van der Waals surface area (Å²) in [7, 11) is 0. The Morgan fingerprint density at radius 3 is 1.97 bits per heavy atom. The Morgan fingerprint density at radius 1 is 0.879 bits per heavy atom. The number of anilines is 1. The number of nitrogens with zero attached hydrogens (tertiary/aromatic N) is 5. The number of carbonyl (C=O) groups is 1. The van der Waals surface area contributed by atoms with Gasteiger partial charge < -0.3 is 4.90 Å². The van der Waals surface area contributed by atoms with Gasteiger partial charge >= 0.3 is 6.03 Å². The van der Waals surface area contributed by atoms with E-state index in [0.29, 0.717) is 5.92 Å². The van der Waals surface area contributed by atoms with Crippen molar-refractivity contribution in [2.75, 3.05) is 31.1 Å². The number of hydrogen-bond acceptors (Lipinski definition) is 5. The van der Waals surface area contributed by atoms with E-state index >= 15 is 0 Å². The third-order valence-electron chi connectivity index (χ3n) is 6.59. The summed E-state index contributed by atoms with van der Waals surface area (Å²) in [6.07, 6.45) is 14.8. The van der Waals surface area contributed by atoms with Crippen LogP contribution in [0, 0.1) is 0 Å². The van der Waals surface area contributed by atoms with E-state index < -0.39 is 0 Å². The lowest BCUT2D eigenvalue weighted by atomic mass is 10.1. The summed E-state index contributed by atoms with van der Waals surface area (Å²) in [4.78, 5) is 20.2. The third kappa shape index (κ3) is 8.82. The van der Waals surface area contributed by atoms with E-state index in [2.05, 4.69) is 54.6 Å². The van der Waals surface area contributed by atoms with Gasteiger partial charge in [0.1, 0.15) is 11.2 Å². The summed E-state index contributed by atoms with van der Waals surface area (Å²) in [5, 5.41) is 10.7. The minimum atomic E-state index is 0.0693. The normalized spacial score (nSPS) is 16.7. The van der Waals surface area contributed by atoms with Crippen LogP contribution in [-0.2, 0) is 0 Å². The zero-order valence-corrected chi connectivity index (χ0v) is 22.8. The van der Waals surface area contributed by atoms with Crippen LogP contribution in [0.25, 0.3) is 0 Å². The molecule has 6 nitrogen and oxygen atoms in total. The van der Waals surface area contributed by atoms with E-state index in [-0.39, 0.29) is 12.2 Å². The van der Waals surface area contributed by atoms with Gasteiger partial charge in [-0.05, 0) is 19.3 Å². The molecule has 33 heavy (non-hydrogen) atoms. The molecule has 0 saturated carbocycles. The maximum absolute atomic E-state index is 13.6. The Balaban J connectivity index is 2.19. The zero-order chi connectivity index (χ0) is 24.1. The quantitative estimate of drug-likeness (QED) is 0.208. The Kier molecular flexibility index (Phi) is 13.3. The third-order valence-corrected chi connectivity index (χ3v) is 7.81. The summed E-state index contributed by atoms with van der Waals surface area (Å²) in [5.74, 6) is 0.330. The van der Waals surface area contributed by atoms with E-state index in [1.54, 1.807) is 11.3 Å². The first-order valence-corrected chi connectivity index (χ1v) is 14.5. The van der Waals surface area contributed by atoms with Gasteiger partial charge in [-0.2, -0.15) is 0 Å². The lowest BCUT2D eigenvalue weighted by Crippen LogP contribution is -2.48. The molecule has 190 valence electrons. The number of amides is 2. The second-order valence-electron chi connectivity index (χ2n) is 9.87. The number of hydrogen-bond donors (Lipinski definition) is 0. The Labute approximate surface area is 207 Å². The molecule has 1 saturated heterocycles. The van der Waals surface area contributed by atoms with Crippen LogP contribution in [0.5, 0.6) is 0 Å². The number of rotatable bonds is 18. The second-order valence-corrected chi connectivity index (χ2v) is 10.9. The molecule has 0 spiro atoms. The highest BCUT2D eigenvalue weighted by Crippen LogP contribution is 2.32. The molecule has 0 bridgehead atoms. The highest BCUT2D eigenvalue weighted by Gasteiger charge is 2.42. The number of urea groups is 1. The molecule has 1 aliphatic rings. The molecule has 2 heterocycles. The highest BCUT2D eigenvalue weighted by molar-refractivity contribution is 7.15. The van der Waals surface area contributed by atoms with Crippen LogP contribution in [0.15, 0.2) is 0 Å². The van der Waals surface area contributed by atoms with E-state index in [1.165, 1.54) is 70.6 Å². The average Bonchev–Trinajstić information content (AvgIpc) is 3.40. The van der Waals surface area contributed by atoms with Crippen LogP contribution in [0.4, 0.5) is 9.93 Å². The number of aromatic nitrogens is 2. The molecular formula is C26H49N5OS. The van der Waals surface area contributed by atoms with Crippen molar-refractivity contribution in [3.63, 3.8) is 0 Å². The second kappa shape index (κ2) is 15.6. The predicted octanol–water partition coefficient (Wildman–Crippen LogP) is 7.27. The van der Waals surface area contributed by atoms with Crippen LogP contribution in [0.2, 0.25) is 0 Å². The van der Waals surface area contributed by atoms with Gasteiger partial charge in [-0.25, -0.2) is 9.69 Å². The van der Waals surface area contributed by atoms with Crippen molar-refractivity contribution in [2.45, 2.75) is 124 Å². The summed E-state index contributed by atoms with van der Waals surface area (Å²) in [5.41, 5.74) is 0. The maximum Gasteiger partial charge on any atom is 0.327 e. The van der Waals surface area contributed by atoms with Gasteiger partial charge in [0.2, 0.25) is 5.13 Å². The van der Waals surface area contributed by atoms with Crippen LogP contribution in [0.1, 0.15) is 123 Å². The van der Waals surface area contributed by atoms with Crippen molar-refractivity contribution in [3.05, 3.63) is 5.01 Å².